The number of halogens is 1. The lowest BCUT2D eigenvalue weighted by molar-refractivity contribution is 0.882. The van der Waals surface area contributed by atoms with Crippen LogP contribution in [0.15, 0.2) is 46.9 Å². The lowest BCUT2D eigenvalue weighted by atomic mass is 10.1. The molecular formula is C14H13BrN2. The van der Waals surface area contributed by atoms with E-state index in [9.17, 15) is 0 Å². The molecule has 2 aromatic rings. The van der Waals surface area contributed by atoms with Crippen LogP contribution in [-0.4, -0.2) is 0 Å². The third-order valence-electron chi connectivity index (χ3n) is 3.17. The van der Waals surface area contributed by atoms with E-state index < -0.39 is 0 Å². The van der Waals surface area contributed by atoms with Gasteiger partial charge >= 0.3 is 0 Å². The van der Waals surface area contributed by atoms with Crippen molar-refractivity contribution in [3.8, 4) is 0 Å². The SMILES string of the molecule is Nc1cc(Br)ccc1N1Cc2ccccc2C1. The summed E-state index contributed by atoms with van der Waals surface area (Å²) in [7, 11) is 0. The van der Waals surface area contributed by atoms with E-state index in [1.807, 2.05) is 12.1 Å². The van der Waals surface area contributed by atoms with Gasteiger partial charge in [0.2, 0.25) is 0 Å². The Bertz CT molecular complexity index is 541. The molecule has 2 nitrogen and oxygen atoms in total. The van der Waals surface area contributed by atoms with Crippen LogP contribution in [0.25, 0.3) is 0 Å². The molecule has 0 spiro atoms. The fourth-order valence-electron chi connectivity index (χ4n) is 2.32. The predicted molar refractivity (Wildman–Crippen MR) is 74.9 cm³/mol. The maximum atomic E-state index is 6.06. The standard InChI is InChI=1S/C14H13BrN2/c15-12-5-6-14(13(16)7-12)17-8-10-3-1-2-4-11(10)9-17/h1-7H,8-9,16H2. The van der Waals surface area contributed by atoms with E-state index in [1.54, 1.807) is 0 Å². The van der Waals surface area contributed by atoms with Crippen molar-refractivity contribution in [3.05, 3.63) is 58.1 Å². The lowest BCUT2D eigenvalue weighted by Gasteiger charge is -2.19. The number of rotatable bonds is 1. The van der Waals surface area contributed by atoms with Crippen molar-refractivity contribution < 1.29 is 0 Å². The largest absolute Gasteiger partial charge is 0.397 e. The van der Waals surface area contributed by atoms with Gasteiger partial charge in [-0.15, -0.1) is 0 Å². The third-order valence-corrected chi connectivity index (χ3v) is 3.66. The number of hydrogen-bond acceptors (Lipinski definition) is 2. The van der Waals surface area contributed by atoms with E-state index in [-0.39, 0.29) is 0 Å². The molecule has 0 saturated heterocycles. The molecule has 0 amide bonds. The Hall–Kier alpha value is -1.48. The fourth-order valence-corrected chi connectivity index (χ4v) is 2.70. The average Bonchev–Trinajstić information content (AvgIpc) is 2.72. The number of nitrogen functional groups attached to an aromatic ring is 1. The maximum Gasteiger partial charge on any atom is 0.0606 e. The van der Waals surface area contributed by atoms with Crippen LogP contribution >= 0.6 is 15.9 Å². The van der Waals surface area contributed by atoms with Crippen LogP contribution in [0.2, 0.25) is 0 Å². The van der Waals surface area contributed by atoms with Crippen LogP contribution in [0.4, 0.5) is 11.4 Å². The fraction of sp³-hybridized carbons (Fsp3) is 0.143. The van der Waals surface area contributed by atoms with Gasteiger partial charge in [0.15, 0.2) is 0 Å². The van der Waals surface area contributed by atoms with Crippen molar-refractivity contribution in [2.45, 2.75) is 13.1 Å². The first-order valence-electron chi connectivity index (χ1n) is 5.61. The predicted octanol–water partition coefficient (Wildman–Crippen LogP) is 3.55. The molecule has 1 heterocycles. The molecule has 0 atom stereocenters. The van der Waals surface area contributed by atoms with Gasteiger partial charge in [-0.1, -0.05) is 40.2 Å². The summed E-state index contributed by atoms with van der Waals surface area (Å²) in [6.07, 6.45) is 0. The molecule has 0 bridgehead atoms. The molecule has 0 aromatic heterocycles. The first-order chi connectivity index (χ1) is 8.24. The van der Waals surface area contributed by atoms with Gasteiger partial charge in [0.1, 0.15) is 0 Å². The number of nitrogens with zero attached hydrogens (tertiary/aromatic N) is 1. The molecule has 86 valence electrons. The second-order valence-corrected chi connectivity index (χ2v) is 5.24. The zero-order valence-corrected chi connectivity index (χ0v) is 10.9. The minimum Gasteiger partial charge on any atom is -0.397 e. The van der Waals surface area contributed by atoms with Gasteiger partial charge in [-0.25, -0.2) is 0 Å². The van der Waals surface area contributed by atoms with Crippen molar-refractivity contribution in [3.63, 3.8) is 0 Å². The van der Waals surface area contributed by atoms with Crippen LogP contribution < -0.4 is 10.6 Å². The van der Waals surface area contributed by atoms with Crippen molar-refractivity contribution in [1.82, 2.24) is 0 Å². The van der Waals surface area contributed by atoms with Crippen molar-refractivity contribution in [2.75, 3.05) is 10.6 Å². The van der Waals surface area contributed by atoms with Crippen molar-refractivity contribution in [1.29, 1.82) is 0 Å². The monoisotopic (exact) mass is 288 g/mol. The van der Waals surface area contributed by atoms with Crippen LogP contribution in [0.5, 0.6) is 0 Å². The van der Waals surface area contributed by atoms with Gasteiger partial charge in [-0.2, -0.15) is 0 Å². The minimum atomic E-state index is 0.826. The molecule has 1 aliphatic heterocycles. The van der Waals surface area contributed by atoms with E-state index in [0.717, 1.165) is 28.9 Å². The highest BCUT2D eigenvalue weighted by Crippen LogP contribution is 2.33. The topological polar surface area (TPSA) is 29.3 Å². The third kappa shape index (κ3) is 1.91. The highest BCUT2D eigenvalue weighted by atomic mass is 79.9. The van der Waals surface area contributed by atoms with Crippen LogP contribution in [0.3, 0.4) is 0 Å². The Balaban J connectivity index is 1.94. The molecule has 0 fully saturated rings. The molecule has 1 aliphatic rings. The molecule has 2 aromatic carbocycles. The lowest BCUT2D eigenvalue weighted by Crippen LogP contribution is -2.16. The first-order valence-corrected chi connectivity index (χ1v) is 6.40. The van der Waals surface area contributed by atoms with Crippen LogP contribution in [0.1, 0.15) is 11.1 Å². The normalized spacial score (nSPS) is 13.8. The Morgan fingerprint density at radius 3 is 2.24 bits per heavy atom. The van der Waals surface area contributed by atoms with Gasteiger partial charge in [-0.05, 0) is 29.3 Å². The highest BCUT2D eigenvalue weighted by molar-refractivity contribution is 9.10. The van der Waals surface area contributed by atoms with E-state index in [4.69, 9.17) is 5.73 Å². The molecular weight excluding hydrogens is 276 g/mol. The summed E-state index contributed by atoms with van der Waals surface area (Å²) in [6, 6.07) is 14.6. The zero-order chi connectivity index (χ0) is 11.8. The quantitative estimate of drug-likeness (QED) is 0.813. The summed E-state index contributed by atoms with van der Waals surface area (Å²) in [5, 5.41) is 0. The van der Waals surface area contributed by atoms with E-state index >= 15 is 0 Å². The molecule has 0 saturated carbocycles. The van der Waals surface area contributed by atoms with E-state index in [1.165, 1.54) is 11.1 Å². The van der Waals surface area contributed by atoms with Gasteiger partial charge in [0, 0.05) is 17.6 Å². The molecule has 17 heavy (non-hydrogen) atoms. The Morgan fingerprint density at radius 1 is 1.00 bits per heavy atom. The summed E-state index contributed by atoms with van der Waals surface area (Å²) in [4.78, 5) is 2.31. The van der Waals surface area contributed by atoms with Gasteiger partial charge in [0.25, 0.3) is 0 Å². The van der Waals surface area contributed by atoms with Crippen molar-refractivity contribution >= 4 is 27.3 Å². The van der Waals surface area contributed by atoms with Gasteiger partial charge in [-0.3, -0.25) is 0 Å². The molecule has 0 aliphatic carbocycles. The van der Waals surface area contributed by atoms with Crippen LogP contribution in [-0.2, 0) is 13.1 Å². The Kier molecular flexibility index (Phi) is 2.56. The summed E-state index contributed by atoms with van der Waals surface area (Å²) < 4.78 is 1.02. The van der Waals surface area contributed by atoms with Gasteiger partial charge < -0.3 is 10.6 Å². The molecule has 0 unspecified atom stereocenters. The van der Waals surface area contributed by atoms with Gasteiger partial charge in [0.05, 0.1) is 11.4 Å². The maximum absolute atomic E-state index is 6.06. The number of benzene rings is 2. The highest BCUT2D eigenvalue weighted by Gasteiger charge is 2.19. The van der Waals surface area contributed by atoms with Crippen molar-refractivity contribution in [2.24, 2.45) is 0 Å². The molecule has 3 rings (SSSR count). The van der Waals surface area contributed by atoms with Crippen LogP contribution in [0, 0.1) is 0 Å². The number of fused-ring (bicyclic) bond motifs is 1. The summed E-state index contributed by atoms with van der Waals surface area (Å²) in [5.41, 5.74) is 10.8. The minimum absolute atomic E-state index is 0.826. The first kappa shape index (κ1) is 10.7. The second-order valence-electron chi connectivity index (χ2n) is 4.33. The molecule has 3 heteroatoms. The summed E-state index contributed by atoms with van der Waals surface area (Å²) in [5.74, 6) is 0. The second kappa shape index (κ2) is 4.08. The Labute approximate surface area is 109 Å². The summed E-state index contributed by atoms with van der Waals surface area (Å²) >= 11 is 3.43. The molecule has 0 radical (unpaired) electrons. The number of hydrogen-bond donors (Lipinski definition) is 1. The average molecular weight is 289 g/mol. The number of anilines is 2. The zero-order valence-electron chi connectivity index (χ0n) is 9.36. The smallest absolute Gasteiger partial charge is 0.0606 e. The van der Waals surface area contributed by atoms with E-state index in [2.05, 4.69) is 51.2 Å². The Morgan fingerprint density at radius 2 is 1.65 bits per heavy atom. The number of nitrogens with two attached hydrogens (primary N) is 1. The summed E-state index contributed by atoms with van der Waals surface area (Å²) in [6.45, 7) is 1.89. The van der Waals surface area contributed by atoms with E-state index in [0.29, 0.717) is 0 Å². The molecule has 2 N–H and O–H groups in total.